The van der Waals surface area contributed by atoms with Gasteiger partial charge in [-0.15, -0.1) is 0 Å². The van der Waals surface area contributed by atoms with E-state index < -0.39 is 5.82 Å². The number of hydrazone groups is 1. The molecule has 0 aliphatic rings. The minimum Gasteiger partial charge on any atom is -0.492 e. The van der Waals surface area contributed by atoms with Crippen molar-refractivity contribution in [1.29, 1.82) is 0 Å². The summed E-state index contributed by atoms with van der Waals surface area (Å²) in [6, 6.07) is 1.27. The molecule has 0 aliphatic heterocycles. The van der Waals surface area contributed by atoms with Crippen molar-refractivity contribution in [3.05, 3.63) is 28.0 Å². The van der Waals surface area contributed by atoms with Gasteiger partial charge in [0, 0.05) is 5.56 Å². The average molecular weight is 276 g/mol. The van der Waals surface area contributed by atoms with Crippen LogP contribution in [0.4, 0.5) is 4.39 Å². The van der Waals surface area contributed by atoms with Crippen LogP contribution in [-0.2, 0) is 0 Å². The molecule has 17 heavy (non-hydrogen) atoms. The Labute approximate surface area is 109 Å². The van der Waals surface area contributed by atoms with Crippen LogP contribution in [0.25, 0.3) is 0 Å². The topological polar surface area (TPSA) is 59.6 Å². The molecule has 0 saturated carbocycles. The Kier molecular flexibility index (Phi) is 4.65. The second-order valence-corrected chi connectivity index (χ2v) is 3.97. The zero-order valence-electron chi connectivity index (χ0n) is 9.25. The standard InChI is InChI=1S/C10H11ClFN3OS/c1-5-6(4-14-15-10(13)17)3-7(12)9(16-2)8(5)11/h3-4H,1-2H3,(H3,13,15,17). The van der Waals surface area contributed by atoms with Crippen molar-refractivity contribution in [1.82, 2.24) is 5.43 Å². The van der Waals surface area contributed by atoms with Crippen molar-refractivity contribution >= 4 is 35.1 Å². The van der Waals surface area contributed by atoms with E-state index in [0.29, 0.717) is 11.1 Å². The lowest BCUT2D eigenvalue weighted by Crippen LogP contribution is -2.24. The van der Waals surface area contributed by atoms with Crippen LogP contribution >= 0.6 is 23.8 Å². The van der Waals surface area contributed by atoms with Gasteiger partial charge in [-0.2, -0.15) is 5.10 Å². The van der Waals surface area contributed by atoms with E-state index in [4.69, 9.17) is 22.1 Å². The van der Waals surface area contributed by atoms with Gasteiger partial charge in [0.1, 0.15) is 0 Å². The van der Waals surface area contributed by atoms with Gasteiger partial charge in [0.2, 0.25) is 0 Å². The molecular weight excluding hydrogens is 265 g/mol. The Hall–Kier alpha value is -1.40. The number of thiocarbonyl (C=S) groups is 1. The summed E-state index contributed by atoms with van der Waals surface area (Å²) in [5.41, 5.74) is 8.72. The van der Waals surface area contributed by atoms with Gasteiger partial charge in [-0.05, 0) is 30.8 Å². The molecule has 0 radical (unpaired) electrons. The molecule has 0 amide bonds. The van der Waals surface area contributed by atoms with Crippen LogP contribution in [-0.4, -0.2) is 18.4 Å². The molecule has 0 bridgehead atoms. The summed E-state index contributed by atoms with van der Waals surface area (Å²) in [6.45, 7) is 1.73. The molecule has 3 N–H and O–H groups in total. The SMILES string of the molecule is COc1c(F)cc(C=NNC(N)=S)c(C)c1Cl. The van der Waals surface area contributed by atoms with Crippen LogP contribution in [0.2, 0.25) is 5.02 Å². The van der Waals surface area contributed by atoms with Crippen LogP contribution in [0.15, 0.2) is 11.2 Å². The summed E-state index contributed by atoms with van der Waals surface area (Å²) in [4.78, 5) is 0. The third-order valence-corrected chi connectivity index (χ3v) is 2.59. The summed E-state index contributed by atoms with van der Waals surface area (Å²) < 4.78 is 18.4. The molecule has 1 rings (SSSR count). The van der Waals surface area contributed by atoms with Gasteiger partial charge in [-0.25, -0.2) is 4.39 Å². The molecule has 0 heterocycles. The number of methoxy groups -OCH3 is 1. The third kappa shape index (κ3) is 3.28. The van der Waals surface area contributed by atoms with Crippen molar-refractivity contribution in [3.8, 4) is 5.75 Å². The molecular formula is C10H11ClFN3OS. The van der Waals surface area contributed by atoms with Crippen LogP contribution < -0.4 is 15.9 Å². The van der Waals surface area contributed by atoms with Crippen molar-refractivity contribution < 1.29 is 9.13 Å². The van der Waals surface area contributed by atoms with E-state index in [1.165, 1.54) is 19.4 Å². The number of benzene rings is 1. The Bertz CT molecular complexity index is 479. The number of nitrogens with zero attached hydrogens (tertiary/aromatic N) is 1. The first-order valence-electron chi connectivity index (χ1n) is 4.58. The van der Waals surface area contributed by atoms with Gasteiger partial charge < -0.3 is 10.5 Å². The van der Waals surface area contributed by atoms with Gasteiger partial charge in [-0.1, -0.05) is 11.6 Å². The van der Waals surface area contributed by atoms with Gasteiger partial charge >= 0.3 is 0 Å². The molecule has 1 aromatic carbocycles. The maximum absolute atomic E-state index is 13.5. The second kappa shape index (κ2) is 5.79. The van der Waals surface area contributed by atoms with Gasteiger partial charge in [0.15, 0.2) is 16.7 Å². The smallest absolute Gasteiger partial charge is 0.184 e. The van der Waals surface area contributed by atoms with E-state index in [1.54, 1.807) is 6.92 Å². The maximum Gasteiger partial charge on any atom is 0.184 e. The van der Waals surface area contributed by atoms with E-state index >= 15 is 0 Å². The highest BCUT2D eigenvalue weighted by molar-refractivity contribution is 7.80. The lowest BCUT2D eigenvalue weighted by Gasteiger charge is -2.09. The van der Waals surface area contributed by atoms with E-state index in [9.17, 15) is 4.39 Å². The fourth-order valence-corrected chi connectivity index (χ4v) is 1.53. The predicted molar refractivity (Wildman–Crippen MR) is 70.2 cm³/mol. The fraction of sp³-hybridized carbons (Fsp3) is 0.200. The Morgan fingerprint density at radius 2 is 2.35 bits per heavy atom. The van der Waals surface area contributed by atoms with Crippen molar-refractivity contribution in [2.45, 2.75) is 6.92 Å². The summed E-state index contributed by atoms with van der Waals surface area (Å²) >= 11 is 10.5. The monoisotopic (exact) mass is 275 g/mol. The molecule has 0 aliphatic carbocycles. The molecule has 7 heteroatoms. The first kappa shape index (κ1) is 13.7. The van der Waals surface area contributed by atoms with Crippen molar-refractivity contribution in [2.24, 2.45) is 10.8 Å². The molecule has 0 saturated heterocycles. The number of hydrogen-bond acceptors (Lipinski definition) is 3. The van der Waals surface area contributed by atoms with E-state index in [2.05, 4.69) is 22.7 Å². The Balaban J connectivity index is 3.10. The number of halogens is 2. The molecule has 0 fully saturated rings. The molecule has 92 valence electrons. The molecule has 0 atom stereocenters. The predicted octanol–water partition coefficient (Wildman–Crippen LogP) is 1.96. The Morgan fingerprint density at radius 1 is 1.71 bits per heavy atom. The lowest BCUT2D eigenvalue weighted by atomic mass is 10.1. The lowest BCUT2D eigenvalue weighted by molar-refractivity contribution is 0.386. The largest absolute Gasteiger partial charge is 0.492 e. The number of rotatable bonds is 3. The highest BCUT2D eigenvalue weighted by Gasteiger charge is 2.13. The van der Waals surface area contributed by atoms with E-state index in [-0.39, 0.29) is 15.9 Å². The molecule has 0 aromatic heterocycles. The minimum atomic E-state index is -0.556. The number of hydrogen-bond donors (Lipinski definition) is 2. The number of nitrogens with one attached hydrogen (secondary N) is 1. The van der Waals surface area contributed by atoms with Crippen molar-refractivity contribution in [3.63, 3.8) is 0 Å². The van der Waals surface area contributed by atoms with E-state index in [0.717, 1.165) is 0 Å². The number of ether oxygens (including phenoxy) is 1. The molecule has 0 unspecified atom stereocenters. The first-order chi connectivity index (χ1) is 7.97. The molecule has 1 aromatic rings. The third-order valence-electron chi connectivity index (χ3n) is 2.04. The highest BCUT2D eigenvalue weighted by Crippen LogP contribution is 2.32. The zero-order chi connectivity index (χ0) is 13.0. The second-order valence-electron chi connectivity index (χ2n) is 3.15. The quantitative estimate of drug-likeness (QED) is 0.503. The molecule has 4 nitrogen and oxygen atoms in total. The maximum atomic E-state index is 13.5. The summed E-state index contributed by atoms with van der Waals surface area (Å²) in [7, 11) is 1.35. The van der Waals surface area contributed by atoms with Crippen LogP contribution in [0.1, 0.15) is 11.1 Å². The van der Waals surface area contributed by atoms with Crippen LogP contribution in [0.3, 0.4) is 0 Å². The average Bonchev–Trinajstić information content (AvgIpc) is 2.25. The van der Waals surface area contributed by atoms with Gasteiger partial charge in [0.25, 0.3) is 0 Å². The summed E-state index contributed by atoms with van der Waals surface area (Å²) in [5.74, 6) is -0.538. The minimum absolute atomic E-state index is 0.0172. The van der Waals surface area contributed by atoms with Crippen LogP contribution in [0.5, 0.6) is 5.75 Å². The van der Waals surface area contributed by atoms with Crippen molar-refractivity contribution in [2.75, 3.05) is 7.11 Å². The summed E-state index contributed by atoms with van der Waals surface area (Å²) in [6.07, 6.45) is 1.38. The van der Waals surface area contributed by atoms with Gasteiger partial charge in [-0.3, -0.25) is 5.43 Å². The van der Waals surface area contributed by atoms with Gasteiger partial charge in [0.05, 0.1) is 18.3 Å². The molecule has 0 spiro atoms. The van der Waals surface area contributed by atoms with Crippen LogP contribution in [0, 0.1) is 12.7 Å². The highest BCUT2D eigenvalue weighted by atomic mass is 35.5. The zero-order valence-corrected chi connectivity index (χ0v) is 10.8. The fourth-order valence-electron chi connectivity index (χ4n) is 1.20. The Morgan fingerprint density at radius 3 is 2.88 bits per heavy atom. The number of nitrogens with two attached hydrogens (primary N) is 1. The summed E-state index contributed by atoms with van der Waals surface area (Å²) in [5, 5.41) is 3.97. The first-order valence-corrected chi connectivity index (χ1v) is 5.37. The van der Waals surface area contributed by atoms with E-state index in [1.807, 2.05) is 0 Å². The normalized spacial score (nSPS) is 10.6.